The van der Waals surface area contributed by atoms with E-state index in [1.807, 2.05) is 0 Å². The van der Waals surface area contributed by atoms with Gasteiger partial charge in [0, 0.05) is 36.1 Å². The molecule has 2 N–H and O–H groups in total. The zero-order valence-electron chi connectivity index (χ0n) is 13.5. The second-order valence-electron chi connectivity index (χ2n) is 4.63. The van der Waals surface area contributed by atoms with Crippen molar-refractivity contribution in [3.63, 3.8) is 0 Å². The third kappa shape index (κ3) is 10.8. The summed E-state index contributed by atoms with van der Waals surface area (Å²) in [6.07, 6.45) is 5.12. The van der Waals surface area contributed by atoms with Gasteiger partial charge in [-0.3, -0.25) is 0 Å². The molecule has 0 aliphatic rings. The fraction of sp³-hybridized carbons (Fsp3) is 0.375. The van der Waals surface area contributed by atoms with E-state index in [0.717, 1.165) is 12.2 Å². The van der Waals surface area contributed by atoms with Crippen LogP contribution in [0.15, 0.2) is 35.5 Å². The van der Waals surface area contributed by atoms with Crippen molar-refractivity contribution in [1.82, 2.24) is 0 Å². The molecule has 0 rings (SSSR count). The van der Waals surface area contributed by atoms with Gasteiger partial charge in [0.2, 0.25) is 0 Å². The van der Waals surface area contributed by atoms with Crippen molar-refractivity contribution in [3.8, 4) is 0 Å². The van der Waals surface area contributed by atoms with E-state index in [9.17, 15) is 19.2 Å². The summed E-state index contributed by atoms with van der Waals surface area (Å²) in [6, 6.07) is 0. The number of carbonyl (C=O) groups is 4. The van der Waals surface area contributed by atoms with Crippen molar-refractivity contribution in [2.45, 2.75) is 26.7 Å². The van der Waals surface area contributed by atoms with Gasteiger partial charge in [-0.15, -0.1) is 0 Å². The minimum atomic E-state index is -1.04. The molecule has 0 unspecified atom stereocenters. The Labute approximate surface area is 139 Å². The highest BCUT2D eigenvalue weighted by atomic mass is 16.5. The predicted octanol–water partition coefficient (Wildman–Crippen LogP) is 1.47. The van der Waals surface area contributed by atoms with Crippen molar-refractivity contribution >= 4 is 23.9 Å². The molecular formula is C16H20O8. The normalized spacial score (nSPS) is 12.1. The quantitative estimate of drug-likeness (QED) is 0.348. The van der Waals surface area contributed by atoms with Crippen LogP contribution in [0, 0.1) is 0 Å². The summed E-state index contributed by atoms with van der Waals surface area (Å²) in [6.45, 7) is 2.82. The van der Waals surface area contributed by atoms with Crippen LogP contribution < -0.4 is 0 Å². The number of ether oxygens (including phenoxy) is 2. The van der Waals surface area contributed by atoms with Crippen LogP contribution in [0.5, 0.6) is 0 Å². The molecule has 0 aromatic heterocycles. The Balaban J connectivity index is 3.99. The number of esters is 2. The molecule has 132 valence electrons. The first-order valence-electron chi connectivity index (χ1n) is 7.05. The Kier molecular flexibility index (Phi) is 10.2. The lowest BCUT2D eigenvalue weighted by molar-refractivity contribution is -0.140. The first-order valence-corrected chi connectivity index (χ1v) is 7.05. The van der Waals surface area contributed by atoms with E-state index in [-0.39, 0.29) is 37.2 Å². The van der Waals surface area contributed by atoms with Crippen LogP contribution in [0.1, 0.15) is 26.7 Å². The lowest BCUT2D eigenvalue weighted by atomic mass is 10.2. The van der Waals surface area contributed by atoms with Crippen molar-refractivity contribution in [1.29, 1.82) is 0 Å². The summed E-state index contributed by atoms with van der Waals surface area (Å²) < 4.78 is 9.52. The maximum absolute atomic E-state index is 11.3. The monoisotopic (exact) mass is 340 g/mol. The van der Waals surface area contributed by atoms with E-state index < -0.39 is 23.9 Å². The molecule has 8 nitrogen and oxygen atoms in total. The van der Waals surface area contributed by atoms with Crippen LogP contribution in [0.2, 0.25) is 0 Å². The minimum Gasteiger partial charge on any atom is -0.478 e. The molecule has 0 bridgehead atoms. The summed E-state index contributed by atoms with van der Waals surface area (Å²) in [5.74, 6) is -3.60. The Morgan fingerprint density at radius 2 is 1.08 bits per heavy atom. The van der Waals surface area contributed by atoms with Gasteiger partial charge >= 0.3 is 23.9 Å². The van der Waals surface area contributed by atoms with Crippen molar-refractivity contribution in [3.05, 3.63) is 35.5 Å². The van der Waals surface area contributed by atoms with E-state index in [1.165, 1.54) is 26.0 Å². The van der Waals surface area contributed by atoms with Gasteiger partial charge in [-0.05, 0) is 13.8 Å². The molecule has 0 heterocycles. The van der Waals surface area contributed by atoms with Gasteiger partial charge in [-0.25, -0.2) is 19.2 Å². The highest BCUT2D eigenvalue weighted by Crippen LogP contribution is 1.98. The van der Waals surface area contributed by atoms with Gasteiger partial charge in [-0.1, -0.05) is 12.2 Å². The fourth-order valence-corrected chi connectivity index (χ4v) is 1.28. The molecule has 24 heavy (non-hydrogen) atoms. The molecule has 0 saturated heterocycles. The van der Waals surface area contributed by atoms with E-state index in [0.29, 0.717) is 0 Å². The average Bonchev–Trinajstić information content (AvgIpc) is 2.52. The highest BCUT2D eigenvalue weighted by molar-refractivity contribution is 5.91. The topological polar surface area (TPSA) is 127 Å². The van der Waals surface area contributed by atoms with Crippen molar-refractivity contribution in [2.24, 2.45) is 0 Å². The molecule has 0 amide bonds. The standard InChI is InChI=1S/C16H20O8/c1-11(15(19)20)5-3-9-23-13(17)7-8-14(18)24-10-4-6-12(2)16(21)22/h5-8H,3-4,9-10H2,1-2H3,(H,19,20)(H,21,22)/b8-7-,11-5?,12-6?. The zero-order valence-corrected chi connectivity index (χ0v) is 13.5. The molecule has 0 atom stereocenters. The van der Waals surface area contributed by atoms with E-state index >= 15 is 0 Å². The molecular weight excluding hydrogens is 320 g/mol. The molecule has 0 aliphatic heterocycles. The molecule has 0 aromatic carbocycles. The van der Waals surface area contributed by atoms with Gasteiger partial charge in [0.1, 0.15) is 0 Å². The second kappa shape index (κ2) is 11.6. The summed E-state index contributed by atoms with van der Waals surface area (Å²) in [5.41, 5.74) is 0.301. The maximum Gasteiger partial charge on any atom is 0.331 e. The Morgan fingerprint density at radius 3 is 1.38 bits per heavy atom. The van der Waals surface area contributed by atoms with Crippen molar-refractivity contribution < 1.29 is 38.9 Å². The molecule has 0 radical (unpaired) electrons. The maximum atomic E-state index is 11.3. The summed E-state index contributed by atoms with van der Waals surface area (Å²) >= 11 is 0. The van der Waals surface area contributed by atoms with Gasteiger partial charge in [0.05, 0.1) is 13.2 Å². The van der Waals surface area contributed by atoms with Crippen LogP contribution in [0.25, 0.3) is 0 Å². The number of carboxylic acid groups (broad SMARTS) is 2. The summed E-state index contributed by atoms with van der Waals surface area (Å²) in [5, 5.41) is 17.2. The Hall–Kier alpha value is -2.90. The molecule has 0 aliphatic carbocycles. The number of hydrogen-bond acceptors (Lipinski definition) is 6. The van der Waals surface area contributed by atoms with Gasteiger partial charge in [0.15, 0.2) is 0 Å². The van der Waals surface area contributed by atoms with Crippen LogP contribution in [-0.2, 0) is 28.7 Å². The van der Waals surface area contributed by atoms with E-state index in [1.54, 1.807) is 0 Å². The molecule has 0 spiro atoms. The summed E-state index contributed by atoms with van der Waals surface area (Å²) in [4.78, 5) is 43.6. The third-order valence-electron chi connectivity index (χ3n) is 2.66. The minimum absolute atomic E-state index is 0.0118. The van der Waals surface area contributed by atoms with E-state index in [4.69, 9.17) is 19.7 Å². The molecule has 0 saturated carbocycles. The lowest BCUT2D eigenvalue weighted by Crippen LogP contribution is -2.06. The average molecular weight is 340 g/mol. The first-order chi connectivity index (χ1) is 11.2. The largest absolute Gasteiger partial charge is 0.478 e. The second-order valence-corrected chi connectivity index (χ2v) is 4.63. The number of hydrogen-bond donors (Lipinski definition) is 2. The molecule has 8 heteroatoms. The lowest BCUT2D eigenvalue weighted by Gasteiger charge is -2.00. The zero-order chi connectivity index (χ0) is 18.5. The van der Waals surface area contributed by atoms with Gasteiger partial charge in [-0.2, -0.15) is 0 Å². The molecule has 0 aromatic rings. The van der Waals surface area contributed by atoms with Crippen LogP contribution >= 0.6 is 0 Å². The number of rotatable bonds is 10. The first kappa shape index (κ1) is 21.1. The number of carbonyl (C=O) groups excluding carboxylic acids is 2. The van der Waals surface area contributed by atoms with Gasteiger partial charge < -0.3 is 19.7 Å². The smallest absolute Gasteiger partial charge is 0.331 e. The van der Waals surface area contributed by atoms with E-state index in [2.05, 4.69) is 0 Å². The third-order valence-corrected chi connectivity index (χ3v) is 2.66. The highest BCUT2D eigenvalue weighted by Gasteiger charge is 2.02. The number of carboxylic acids is 2. The summed E-state index contributed by atoms with van der Waals surface area (Å²) in [7, 11) is 0. The Morgan fingerprint density at radius 1 is 0.750 bits per heavy atom. The van der Waals surface area contributed by atoms with Crippen molar-refractivity contribution in [2.75, 3.05) is 13.2 Å². The predicted molar refractivity (Wildman–Crippen MR) is 83.1 cm³/mol. The number of aliphatic carboxylic acids is 2. The SMILES string of the molecule is CC(=CCCOC(=O)/C=C\C(=O)OCCC=C(C)C(=O)O)C(=O)O. The van der Waals surface area contributed by atoms with Crippen LogP contribution in [-0.4, -0.2) is 47.3 Å². The Bertz CT molecular complexity index is 519. The molecule has 0 fully saturated rings. The van der Waals surface area contributed by atoms with Crippen LogP contribution in [0.3, 0.4) is 0 Å². The van der Waals surface area contributed by atoms with Crippen LogP contribution in [0.4, 0.5) is 0 Å². The van der Waals surface area contributed by atoms with Gasteiger partial charge in [0.25, 0.3) is 0 Å². The fourth-order valence-electron chi connectivity index (χ4n) is 1.28.